The summed E-state index contributed by atoms with van der Waals surface area (Å²) < 4.78 is 0. The number of carbonyl (C=O) groups excluding carboxylic acids is 1. The van der Waals surface area contributed by atoms with Crippen LogP contribution in [0, 0.1) is 17.8 Å². The molecule has 4 aliphatic rings. The Labute approximate surface area is 165 Å². The fourth-order valence-electron chi connectivity index (χ4n) is 5.57. The van der Waals surface area contributed by atoms with E-state index in [9.17, 15) is 9.90 Å². The highest BCUT2D eigenvalue weighted by molar-refractivity contribution is 7.99. The summed E-state index contributed by atoms with van der Waals surface area (Å²) in [5, 5.41) is 14.8. The summed E-state index contributed by atoms with van der Waals surface area (Å²) in [7, 11) is 3.82. The zero-order valence-electron chi connectivity index (χ0n) is 16.4. The number of hydrogen-bond acceptors (Lipinski definition) is 6. The molecular weight excluding hydrogens is 360 g/mol. The van der Waals surface area contributed by atoms with E-state index < -0.39 is 5.60 Å². The number of aliphatic hydroxyl groups is 1. The molecule has 0 spiro atoms. The number of amides is 1. The summed E-state index contributed by atoms with van der Waals surface area (Å²) in [6, 6.07) is 0.165. The van der Waals surface area contributed by atoms with Crippen LogP contribution in [0.4, 0.5) is 5.82 Å². The molecule has 2 N–H and O–H groups in total. The van der Waals surface area contributed by atoms with Crippen molar-refractivity contribution in [2.75, 3.05) is 24.7 Å². The quantitative estimate of drug-likeness (QED) is 0.574. The Morgan fingerprint density at radius 1 is 1.33 bits per heavy atom. The third-order valence-corrected chi connectivity index (χ3v) is 7.46. The predicted molar refractivity (Wildman–Crippen MR) is 107 cm³/mol. The molecule has 0 saturated heterocycles. The van der Waals surface area contributed by atoms with Gasteiger partial charge in [0, 0.05) is 32.1 Å². The van der Waals surface area contributed by atoms with Crippen molar-refractivity contribution >= 4 is 23.5 Å². The number of anilines is 1. The van der Waals surface area contributed by atoms with Gasteiger partial charge in [-0.2, -0.15) is 0 Å². The van der Waals surface area contributed by atoms with Crippen molar-refractivity contribution in [3.05, 3.63) is 11.8 Å². The zero-order valence-corrected chi connectivity index (χ0v) is 17.3. The van der Waals surface area contributed by atoms with Gasteiger partial charge < -0.3 is 15.3 Å². The second-order valence-corrected chi connectivity index (χ2v) is 9.89. The first-order chi connectivity index (χ1) is 12.9. The van der Waals surface area contributed by atoms with Gasteiger partial charge in [0.1, 0.15) is 11.4 Å². The molecule has 4 bridgehead atoms. The molecule has 4 fully saturated rings. The first kappa shape index (κ1) is 19.0. The largest absolute Gasteiger partial charge is 0.390 e. The highest BCUT2D eigenvalue weighted by atomic mass is 32.2. The fourth-order valence-corrected chi connectivity index (χ4v) is 6.23. The lowest BCUT2D eigenvalue weighted by atomic mass is 9.52. The van der Waals surface area contributed by atoms with Crippen molar-refractivity contribution in [2.24, 2.45) is 17.8 Å². The molecule has 2 unspecified atom stereocenters. The number of rotatable bonds is 6. The van der Waals surface area contributed by atoms with E-state index in [0.29, 0.717) is 34.3 Å². The maximum Gasteiger partial charge on any atom is 0.256 e. The Hall–Kier alpha value is -1.34. The zero-order chi connectivity index (χ0) is 19.2. The SMILES string of the molecule is CCCSc1ncc(C(=O)NC2C3CC4CC2CC(O)(C4)C3)c(N(C)C)n1. The second-order valence-electron chi connectivity index (χ2n) is 8.83. The summed E-state index contributed by atoms with van der Waals surface area (Å²) in [5.41, 5.74) is 0.0571. The molecule has 27 heavy (non-hydrogen) atoms. The maximum atomic E-state index is 13.1. The standard InChI is InChI=1S/C20H30N4O2S/c1-4-5-27-19-21-11-15(17(23-19)24(2)3)18(25)22-16-13-6-12-7-14(16)10-20(26,8-12)9-13/h11-14,16,26H,4-10H2,1-3H3,(H,22,25). The summed E-state index contributed by atoms with van der Waals surface area (Å²) in [6.45, 7) is 2.13. The van der Waals surface area contributed by atoms with Crippen LogP contribution in [0.3, 0.4) is 0 Å². The van der Waals surface area contributed by atoms with Gasteiger partial charge in [0.05, 0.1) is 5.60 Å². The Morgan fingerprint density at radius 3 is 2.63 bits per heavy atom. The van der Waals surface area contributed by atoms with Crippen LogP contribution in [0.25, 0.3) is 0 Å². The van der Waals surface area contributed by atoms with Gasteiger partial charge in [0.15, 0.2) is 5.16 Å². The molecule has 1 aromatic heterocycles. The lowest BCUT2D eigenvalue weighted by Crippen LogP contribution is -2.61. The van der Waals surface area contributed by atoms with E-state index in [0.717, 1.165) is 44.3 Å². The van der Waals surface area contributed by atoms with E-state index in [2.05, 4.69) is 22.2 Å². The Balaban J connectivity index is 1.51. The summed E-state index contributed by atoms with van der Waals surface area (Å²) in [4.78, 5) is 24.0. The van der Waals surface area contributed by atoms with Gasteiger partial charge in [-0.25, -0.2) is 9.97 Å². The average molecular weight is 391 g/mol. The topological polar surface area (TPSA) is 78.3 Å². The molecule has 2 atom stereocenters. The second kappa shape index (κ2) is 7.24. The van der Waals surface area contributed by atoms with E-state index in [4.69, 9.17) is 0 Å². The van der Waals surface area contributed by atoms with Gasteiger partial charge in [-0.15, -0.1) is 0 Å². The highest BCUT2D eigenvalue weighted by Gasteiger charge is 2.55. The van der Waals surface area contributed by atoms with E-state index in [-0.39, 0.29) is 11.9 Å². The number of carbonyl (C=O) groups is 1. The van der Waals surface area contributed by atoms with Crippen LogP contribution in [0.2, 0.25) is 0 Å². The van der Waals surface area contributed by atoms with Crippen molar-refractivity contribution in [1.29, 1.82) is 0 Å². The minimum atomic E-state index is -0.478. The van der Waals surface area contributed by atoms with Crippen LogP contribution in [-0.4, -0.2) is 52.5 Å². The lowest BCUT2D eigenvalue weighted by molar-refractivity contribution is -0.136. The van der Waals surface area contributed by atoms with Gasteiger partial charge in [-0.1, -0.05) is 18.7 Å². The van der Waals surface area contributed by atoms with Crippen LogP contribution < -0.4 is 10.2 Å². The Kier molecular flexibility index (Phi) is 5.10. The Morgan fingerprint density at radius 2 is 2.04 bits per heavy atom. The van der Waals surface area contributed by atoms with Crippen molar-refractivity contribution in [1.82, 2.24) is 15.3 Å². The normalized spacial score (nSPS) is 33.9. The molecule has 0 aliphatic heterocycles. The number of nitrogens with zero attached hydrogens (tertiary/aromatic N) is 3. The van der Waals surface area contributed by atoms with E-state index in [1.54, 1.807) is 18.0 Å². The van der Waals surface area contributed by atoms with Crippen molar-refractivity contribution in [2.45, 2.75) is 62.2 Å². The first-order valence-corrected chi connectivity index (χ1v) is 11.1. The molecule has 4 aliphatic carbocycles. The van der Waals surface area contributed by atoms with Crippen molar-refractivity contribution < 1.29 is 9.90 Å². The summed E-state index contributed by atoms with van der Waals surface area (Å²) in [5.74, 6) is 2.98. The first-order valence-electron chi connectivity index (χ1n) is 10.1. The van der Waals surface area contributed by atoms with E-state index >= 15 is 0 Å². The summed E-state index contributed by atoms with van der Waals surface area (Å²) >= 11 is 1.62. The Bertz CT molecular complexity index is 710. The van der Waals surface area contributed by atoms with Crippen LogP contribution in [-0.2, 0) is 0 Å². The smallest absolute Gasteiger partial charge is 0.256 e. The third kappa shape index (κ3) is 3.68. The maximum absolute atomic E-state index is 13.1. The highest BCUT2D eigenvalue weighted by Crippen LogP contribution is 2.55. The van der Waals surface area contributed by atoms with Gasteiger partial charge >= 0.3 is 0 Å². The molecule has 4 saturated carbocycles. The molecule has 6 nitrogen and oxygen atoms in total. The van der Waals surface area contributed by atoms with Crippen LogP contribution in [0.15, 0.2) is 11.4 Å². The molecule has 0 aromatic carbocycles. The monoisotopic (exact) mass is 390 g/mol. The molecule has 7 heteroatoms. The number of nitrogens with one attached hydrogen (secondary N) is 1. The molecule has 1 heterocycles. The number of aromatic nitrogens is 2. The predicted octanol–water partition coefficient (Wildman–Crippen LogP) is 2.71. The van der Waals surface area contributed by atoms with Gasteiger partial charge in [-0.3, -0.25) is 4.79 Å². The van der Waals surface area contributed by atoms with E-state index in [1.807, 2.05) is 19.0 Å². The number of hydrogen-bond donors (Lipinski definition) is 2. The average Bonchev–Trinajstić information content (AvgIpc) is 2.61. The molecule has 0 radical (unpaired) electrons. The van der Waals surface area contributed by atoms with Gasteiger partial charge in [0.25, 0.3) is 5.91 Å². The van der Waals surface area contributed by atoms with Gasteiger partial charge in [0.2, 0.25) is 0 Å². The van der Waals surface area contributed by atoms with E-state index in [1.165, 1.54) is 0 Å². The molecule has 5 rings (SSSR count). The molecule has 1 amide bonds. The van der Waals surface area contributed by atoms with Gasteiger partial charge in [-0.05, 0) is 56.3 Å². The lowest BCUT2D eigenvalue weighted by Gasteiger charge is -2.58. The van der Waals surface area contributed by atoms with Crippen molar-refractivity contribution in [3.8, 4) is 0 Å². The van der Waals surface area contributed by atoms with Crippen LogP contribution in [0.5, 0.6) is 0 Å². The minimum Gasteiger partial charge on any atom is -0.390 e. The summed E-state index contributed by atoms with van der Waals surface area (Å²) in [6.07, 6.45) is 7.60. The molecular formula is C20H30N4O2S. The van der Waals surface area contributed by atoms with Crippen LogP contribution in [0.1, 0.15) is 55.8 Å². The molecule has 1 aromatic rings. The van der Waals surface area contributed by atoms with Crippen molar-refractivity contribution in [3.63, 3.8) is 0 Å². The fraction of sp³-hybridized carbons (Fsp3) is 0.750. The number of thioether (sulfide) groups is 1. The third-order valence-electron chi connectivity index (χ3n) is 6.39. The van der Waals surface area contributed by atoms with Crippen LogP contribution >= 0.6 is 11.8 Å². The molecule has 148 valence electrons. The minimum absolute atomic E-state index is 0.0878.